The van der Waals surface area contributed by atoms with Gasteiger partial charge in [-0.05, 0) is 25.4 Å². The van der Waals surface area contributed by atoms with Gasteiger partial charge in [0.05, 0.1) is 10.9 Å². The van der Waals surface area contributed by atoms with E-state index in [4.69, 9.17) is 5.10 Å². The van der Waals surface area contributed by atoms with Gasteiger partial charge in [-0.25, -0.2) is 19.6 Å². The SMILES string of the molecule is CCN(CC)[C@H]1CCN(c2nn(-c3cc(C(C)C)nc(C(C)(F)F)n3)c3cc(NC(C)=O)ncc23)C1. The summed E-state index contributed by atoms with van der Waals surface area (Å²) in [7, 11) is 0. The monoisotopic (exact) mass is 500 g/mol. The minimum atomic E-state index is -3.21. The van der Waals surface area contributed by atoms with Crippen LogP contribution in [0.1, 0.15) is 65.4 Å². The van der Waals surface area contributed by atoms with Crippen molar-refractivity contribution in [2.75, 3.05) is 36.4 Å². The zero-order chi connectivity index (χ0) is 26.2. The molecule has 0 aromatic carbocycles. The highest BCUT2D eigenvalue weighted by Gasteiger charge is 2.32. The fraction of sp³-hybridized carbons (Fsp3) is 0.560. The highest BCUT2D eigenvalue weighted by molar-refractivity contribution is 5.95. The van der Waals surface area contributed by atoms with Crippen LogP contribution in [0.25, 0.3) is 16.7 Å². The number of hydrogen-bond acceptors (Lipinski definition) is 7. The number of nitrogens with one attached hydrogen (secondary N) is 1. The van der Waals surface area contributed by atoms with Crippen molar-refractivity contribution in [3.63, 3.8) is 0 Å². The van der Waals surface area contributed by atoms with Crippen LogP contribution in [0.2, 0.25) is 0 Å². The van der Waals surface area contributed by atoms with Crippen molar-refractivity contribution in [1.82, 2.24) is 29.6 Å². The van der Waals surface area contributed by atoms with Crippen LogP contribution in [0.4, 0.5) is 20.4 Å². The van der Waals surface area contributed by atoms with E-state index >= 15 is 0 Å². The number of carbonyl (C=O) groups is 1. The molecule has 0 spiro atoms. The predicted octanol–water partition coefficient (Wildman–Crippen LogP) is 4.32. The second-order valence-corrected chi connectivity index (χ2v) is 9.63. The number of alkyl halides is 2. The van der Waals surface area contributed by atoms with Crippen LogP contribution in [0.3, 0.4) is 0 Å². The molecule has 9 nitrogen and oxygen atoms in total. The molecule has 1 aliphatic rings. The summed E-state index contributed by atoms with van der Waals surface area (Å²) in [5.41, 5.74) is 1.12. The van der Waals surface area contributed by atoms with Crippen molar-refractivity contribution in [2.45, 2.75) is 65.8 Å². The van der Waals surface area contributed by atoms with E-state index < -0.39 is 11.7 Å². The first-order valence-corrected chi connectivity index (χ1v) is 12.4. The van der Waals surface area contributed by atoms with Gasteiger partial charge in [-0.2, -0.15) is 8.78 Å². The molecule has 0 bridgehead atoms. The Morgan fingerprint density at radius 2 is 1.97 bits per heavy atom. The molecule has 11 heteroatoms. The average Bonchev–Trinajstić information content (AvgIpc) is 3.43. The normalized spacial score (nSPS) is 16.5. The lowest BCUT2D eigenvalue weighted by Crippen LogP contribution is -2.37. The first kappa shape index (κ1) is 25.9. The summed E-state index contributed by atoms with van der Waals surface area (Å²) in [5, 5.41) is 8.32. The highest BCUT2D eigenvalue weighted by atomic mass is 19.3. The van der Waals surface area contributed by atoms with Gasteiger partial charge in [0.1, 0.15) is 5.82 Å². The molecule has 1 aliphatic heterocycles. The van der Waals surface area contributed by atoms with E-state index in [0.29, 0.717) is 23.1 Å². The van der Waals surface area contributed by atoms with Gasteiger partial charge >= 0.3 is 5.92 Å². The third kappa shape index (κ3) is 5.16. The Bertz CT molecular complexity index is 1250. The number of hydrogen-bond donors (Lipinski definition) is 1. The van der Waals surface area contributed by atoms with Gasteiger partial charge in [0.25, 0.3) is 0 Å². The maximum Gasteiger partial charge on any atom is 0.303 e. The van der Waals surface area contributed by atoms with Crippen LogP contribution < -0.4 is 10.2 Å². The molecule has 194 valence electrons. The van der Waals surface area contributed by atoms with Crippen molar-refractivity contribution < 1.29 is 13.6 Å². The molecule has 1 atom stereocenters. The van der Waals surface area contributed by atoms with E-state index in [1.54, 1.807) is 23.0 Å². The Morgan fingerprint density at radius 1 is 1.25 bits per heavy atom. The van der Waals surface area contributed by atoms with Crippen LogP contribution in [0.15, 0.2) is 18.3 Å². The van der Waals surface area contributed by atoms with Gasteiger partial charge in [-0.3, -0.25) is 9.69 Å². The smallest absolute Gasteiger partial charge is 0.303 e. The summed E-state index contributed by atoms with van der Waals surface area (Å²) >= 11 is 0. The lowest BCUT2D eigenvalue weighted by molar-refractivity contribution is -0.114. The Kier molecular flexibility index (Phi) is 7.21. The number of carbonyl (C=O) groups excluding carboxylic acids is 1. The number of nitrogens with zero attached hydrogens (tertiary/aromatic N) is 7. The van der Waals surface area contributed by atoms with Crippen molar-refractivity contribution in [2.24, 2.45) is 0 Å². The fourth-order valence-electron chi connectivity index (χ4n) is 4.68. The van der Waals surface area contributed by atoms with Crippen LogP contribution >= 0.6 is 0 Å². The molecule has 0 radical (unpaired) electrons. The fourth-order valence-corrected chi connectivity index (χ4v) is 4.68. The number of amides is 1. The van der Waals surface area contributed by atoms with Crippen LogP contribution in [-0.4, -0.2) is 67.8 Å². The summed E-state index contributed by atoms with van der Waals surface area (Å²) in [6.07, 6.45) is 2.68. The van der Waals surface area contributed by atoms with Gasteiger partial charge in [-0.1, -0.05) is 27.7 Å². The van der Waals surface area contributed by atoms with Gasteiger partial charge in [0.15, 0.2) is 11.6 Å². The minimum absolute atomic E-state index is 0.0841. The van der Waals surface area contributed by atoms with Crippen molar-refractivity contribution in [1.29, 1.82) is 0 Å². The number of halogens is 2. The molecule has 1 fully saturated rings. The molecule has 4 rings (SSSR count). The second kappa shape index (κ2) is 10.0. The van der Waals surface area contributed by atoms with E-state index in [9.17, 15) is 13.6 Å². The molecule has 1 saturated heterocycles. The third-order valence-electron chi connectivity index (χ3n) is 6.58. The van der Waals surface area contributed by atoms with Gasteiger partial charge in [0, 0.05) is 57.0 Å². The summed E-state index contributed by atoms with van der Waals surface area (Å²) in [6, 6.07) is 3.80. The van der Waals surface area contributed by atoms with Gasteiger partial charge in [0.2, 0.25) is 11.7 Å². The Morgan fingerprint density at radius 3 is 2.58 bits per heavy atom. The zero-order valence-electron chi connectivity index (χ0n) is 21.7. The molecule has 0 saturated carbocycles. The molecular weight excluding hydrogens is 466 g/mol. The van der Waals surface area contributed by atoms with E-state index in [1.165, 1.54) is 6.92 Å². The molecular formula is C25H34F2N8O. The quantitative estimate of drug-likeness (QED) is 0.492. The summed E-state index contributed by atoms with van der Waals surface area (Å²) in [6.45, 7) is 13.9. The first-order valence-electron chi connectivity index (χ1n) is 12.4. The highest BCUT2D eigenvalue weighted by Crippen LogP contribution is 2.33. The maximum atomic E-state index is 14.3. The summed E-state index contributed by atoms with van der Waals surface area (Å²) in [5.74, 6) is -2.78. The Hall–Kier alpha value is -3.21. The molecule has 36 heavy (non-hydrogen) atoms. The standard InChI is InChI=1S/C25H34F2N8O/c1-7-33(8-2)17-9-10-34(14-17)23-18-13-28-21(29-16(5)36)12-20(18)35(32-23)22-11-19(15(3)4)30-24(31-22)25(6,26)27/h11-13,15,17H,7-10,14H2,1-6H3,(H,28,29,36)/t17-/m0/s1. The van der Waals surface area contributed by atoms with E-state index in [-0.39, 0.29) is 17.6 Å². The maximum absolute atomic E-state index is 14.3. The van der Waals surface area contributed by atoms with E-state index in [1.807, 2.05) is 13.8 Å². The van der Waals surface area contributed by atoms with E-state index in [0.717, 1.165) is 50.7 Å². The van der Waals surface area contributed by atoms with Crippen LogP contribution in [0, 0.1) is 0 Å². The molecule has 0 unspecified atom stereocenters. The molecule has 1 amide bonds. The van der Waals surface area contributed by atoms with Crippen molar-refractivity contribution in [3.05, 3.63) is 29.8 Å². The molecule has 3 aromatic heterocycles. The lowest BCUT2D eigenvalue weighted by atomic mass is 10.1. The minimum Gasteiger partial charge on any atom is -0.353 e. The summed E-state index contributed by atoms with van der Waals surface area (Å²) in [4.78, 5) is 29.0. The number of anilines is 2. The number of fused-ring (bicyclic) bond motifs is 1. The third-order valence-corrected chi connectivity index (χ3v) is 6.58. The predicted molar refractivity (Wildman–Crippen MR) is 136 cm³/mol. The largest absolute Gasteiger partial charge is 0.353 e. The molecule has 3 aromatic rings. The number of rotatable bonds is 8. The lowest BCUT2D eigenvalue weighted by Gasteiger charge is -2.26. The topological polar surface area (TPSA) is 92.1 Å². The summed E-state index contributed by atoms with van der Waals surface area (Å²) < 4.78 is 30.2. The Balaban J connectivity index is 1.87. The zero-order valence-corrected chi connectivity index (χ0v) is 21.7. The molecule has 4 heterocycles. The van der Waals surface area contributed by atoms with Crippen molar-refractivity contribution in [3.8, 4) is 5.82 Å². The first-order chi connectivity index (χ1) is 17.0. The van der Waals surface area contributed by atoms with Crippen molar-refractivity contribution >= 4 is 28.4 Å². The molecule has 0 aliphatic carbocycles. The number of likely N-dealkylation sites (N-methyl/N-ethyl adjacent to an activating group) is 1. The van der Waals surface area contributed by atoms with Crippen LogP contribution in [0.5, 0.6) is 0 Å². The van der Waals surface area contributed by atoms with E-state index in [2.05, 4.69) is 43.9 Å². The molecule has 1 N–H and O–H groups in total. The van der Waals surface area contributed by atoms with Gasteiger partial charge < -0.3 is 10.2 Å². The number of pyridine rings is 1. The Labute approximate surface area is 209 Å². The van der Waals surface area contributed by atoms with Crippen LogP contribution in [-0.2, 0) is 10.7 Å². The van der Waals surface area contributed by atoms with Gasteiger partial charge in [-0.15, -0.1) is 5.10 Å². The average molecular weight is 501 g/mol. The number of aromatic nitrogens is 5. The second-order valence-electron chi connectivity index (χ2n) is 9.63.